The summed E-state index contributed by atoms with van der Waals surface area (Å²) in [5.41, 5.74) is 5.79. The maximum atomic E-state index is 3.70. The van der Waals surface area contributed by atoms with Crippen molar-refractivity contribution >= 4 is 11.4 Å². The summed E-state index contributed by atoms with van der Waals surface area (Å²) in [6.45, 7) is 9.27. The zero-order valence-electron chi connectivity index (χ0n) is 13.1. The van der Waals surface area contributed by atoms with Gasteiger partial charge in [0.2, 0.25) is 0 Å². The zero-order chi connectivity index (χ0) is 14.1. The van der Waals surface area contributed by atoms with Crippen LogP contribution in [0.3, 0.4) is 0 Å². The number of anilines is 2. The minimum atomic E-state index is 0.772. The van der Waals surface area contributed by atoms with Crippen LogP contribution in [-0.2, 0) is 12.8 Å². The molecule has 2 heteroatoms. The van der Waals surface area contributed by atoms with E-state index in [1.165, 1.54) is 48.2 Å². The first-order valence-corrected chi connectivity index (χ1v) is 8.27. The van der Waals surface area contributed by atoms with Crippen molar-refractivity contribution < 1.29 is 0 Å². The van der Waals surface area contributed by atoms with Gasteiger partial charge in [-0.2, -0.15) is 0 Å². The van der Waals surface area contributed by atoms with Crippen molar-refractivity contribution in [2.45, 2.75) is 46.5 Å². The molecule has 2 aliphatic rings. The van der Waals surface area contributed by atoms with Crippen LogP contribution in [0.15, 0.2) is 12.1 Å². The van der Waals surface area contributed by atoms with Crippen LogP contribution in [0.1, 0.15) is 44.7 Å². The monoisotopic (exact) mass is 272 g/mol. The molecule has 2 N–H and O–H groups in total. The Kier molecular flexibility index (Phi) is 3.91. The minimum Gasteiger partial charge on any atom is -0.384 e. The first-order valence-electron chi connectivity index (χ1n) is 8.27. The number of hydrogen-bond acceptors (Lipinski definition) is 2. The first kappa shape index (κ1) is 13.8. The highest BCUT2D eigenvalue weighted by molar-refractivity contribution is 5.66. The van der Waals surface area contributed by atoms with E-state index in [0.717, 1.165) is 30.8 Å². The lowest BCUT2D eigenvalue weighted by Crippen LogP contribution is -2.17. The summed E-state index contributed by atoms with van der Waals surface area (Å²) >= 11 is 0. The van der Waals surface area contributed by atoms with Crippen LogP contribution < -0.4 is 10.6 Å². The largest absolute Gasteiger partial charge is 0.384 e. The van der Waals surface area contributed by atoms with E-state index in [4.69, 9.17) is 0 Å². The Morgan fingerprint density at radius 2 is 1.60 bits per heavy atom. The maximum absolute atomic E-state index is 3.70. The third-order valence-electron chi connectivity index (χ3n) is 5.16. The molecule has 2 atom stereocenters. The Bertz CT molecular complexity index is 440. The molecule has 20 heavy (non-hydrogen) atoms. The summed E-state index contributed by atoms with van der Waals surface area (Å²) < 4.78 is 0. The van der Waals surface area contributed by atoms with Gasteiger partial charge in [-0.15, -0.1) is 0 Å². The van der Waals surface area contributed by atoms with Crippen molar-refractivity contribution in [2.75, 3.05) is 23.7 Å². The van der Waals surface area contributed by atoms with E-state index in [0.29, 0.717) is 0 Å². The Hall–Kier alpha value is -1.18. The summed E-state index contributed by atoms with van der Waals surface area (Å²) in [6, 6.07) is 4.83. The molecule has 0 fully saturated rings. The van der Waals surface area contributed by atoms with Gasteiger partial charge in [-0.05, 0) is 60.6 Å². The number of nitrogens with one attached hydrogen (secondary N) is 2. The molecule has 0 spiro atoms. The van der Waals surface area contributed by atoms with E-state index in [-0.39, 0.29) is 0 Å². The Labute approximate surface area is 123 Å². The van der Waals surface area contributed by atoms with Crippen LogP contribution in [0.2, 0.25) is 0 Å². The second-order valence-electron chi connectivity index (χ2n) is 7.11. The molecule has 3 rings (SSSR count). The van der Waals surface area contributed by atoms with Gasteiger partial charge >= 0.3 is 0 Å². The van der Waals surface area contributed by atoms with Gasteiger partial charge < -0.3 is 10.6 Å². The predicted molar refractivity (Wildman–Crippen MR) is 87.6 cm³/mol. The first-order chi connectivity index (χ1) is 9.63. The van der Waals surface area contributed by atoms with Crippen LogP contribution in [0, 0.1) is 17.8 Å². The van der Waals surface area contributed by atoms with Crippen molar-refractivity contribution in [3.8, 4) is 0 Å². The molecule has 0 saturated heterocycles. The third kappa shape index (κ3) is 2.79. The average Bonchev–Trinajstić information content (AvgIpc) is 2.73. The summed E-state index contributed by atoms with van der Waals surface area (Å²) in [5, 5.41) is 7.34. The Morgan fingerprint density at radius 3 is 2.30 bits per heavy atom. The maximum Gasteiger partial charge on any atom is 0.0393 e. The van der Waals surface area contributed by atoms with Crippen molar-refractivity contribution in [1.29, 1.82) is 0 Å². The number of fused-ring (bicyclic) bond motifs is 2. The fourth-order valence-electron chi connectivity index (χ4n) is 3.48. The SMILES string of the molecule is CC1CCc2cc3c(cc2NC1)NCC(C(C)C)CC3. The molecule has 2 unspecified atom stereocenters. The fourth-order valence-corrected chi connectivity index (χ4v) is 3.48. The van der Waals surface area contributed by atoms with Gasteiger partial charge in [-0.1, -0.05) is 26.8 Å². The lowest BCUT2D eigenvalue weighted by Gasteiger charge is -2.18. The van der Waals surface area contributed by atoms with Crippen LogP contribution in [0.5, 0.6) is 0 Å². The molecule has 110 valence electrons. The second kappa shape index (κ2) is 5.67. The quantitative estimate of drug-likeness (QED) is 0.796. The van der Waals surface area contributed by atoms with Crippen molar-refractivity contribution in [3.05, 3.63) is 23.3 Å². The predicted octanol–water partition coefficient (Wildman–Crippen LogP) is 4.31. The molecule has 0 aliphatic carbocycles. The normalized spacial score (nSPS) is 25.8. The standard InChI is InChI=1S/C18H28N2/c1-12(2)16-7-6-15-8-14-5-4-13(3)10-19-17(14)9-18(15)20-11-16/h8-9,12-13,16,19-20H,4-7,10-11H2,1-3H3. The molecule has 2 heterocycles. The molecule has 0 bridgehead atoms. The van der Waals surface area contributed by atoms with E-state index >= 15 is 0 Å². The molecule has 0 amide bonds. The van der Waals surface area contributed by atoms with E-state index in [1.54, 1.807) is 0 Å². The third-order valence-corrected chi connectivity index (χ3v) is 5.16. The number of hydrogen-bond donors (Lipinski definition) is 2. The molecule has 2 aliphatic heterocycles. The molecule has 0 aromatic heterocycles. The topological polar surface area (TPSA) is 24.1 Å². The van der Waals surface area contributed by atoms with E-state index in [2.05, 4.69) is 43.5 Å². The highest BCUT2D eigenvalue weighted by Crippen LogP contribution is 2.33. The lowest BCUT2D eigenvalue weighted by molar-refractivity contribution is 0.383. The van der Waals surface area contributed by atoms with Gasteiger partial charge in [0.25, 0.3) is 0 Å². The Balaban J connectivity index is 1.85. The van der Waals surface area contributed by atoms with Gasteiger partial charge in [-0.25, -0.2) is 0 Å². The number of aryl methyl sites for hydroxylation is 2. The number of rotatable bonds is 1. The second-order valence-corrected chi connectivity index (χ2v) is 7.11. The van der Waals surface area contributed by atoms with E-state index in [1.807, 2.05) is 0 Å². The molecule has 0 radical (unpaired) electrons. The summed E-state index contributed by atoms with van der Waals surface area (Å²) in [4.78, 5) is 0. The summed E-state index contributed by atoms with van der Waals surface area (Å²) in [5.74, 6) is 2.35. The van der Waals surface area contributed by atoms with Gasteiger partial charge in [0, 0.05) is 24.5 Å². The number of benzene rings is 1. The summed E-state index contributed by atoms with van der Waals surface area (Å²) in [6.07, 6.45) is 5.08. The molecule has 1 aromatic rings. The van der Waals surface area contributed by atoms with Crippen LogP contribution in [0.4, 0.5) is 11.4 Å². The minimum absolute atomic E-state index is 0.772. The van der Waals surface area contributed by atoms with Crippen molar-refractivity contribution in [1.82, 2.24) is 0 Å². The van der Waals surface area contributed by atoms with E-state index < -0.39 is 0 Å². The Morgan fingerprint density at radius 1 is 0.950 bits per heavy atom. The smallest absolute Gasteiger partial charge is 0.0393 e. The van der Waals surface area contributed by atoms with Crippen LogP contribution >= 0.6 is 0 Å². The van der Waals surface area contributed by atoms with Crippen LogP contribution in [0.25, 0.3) is 0 Å². The van der Waals surface area contributed by atoms with Crippen molar-refractivity contribution in [2.24, 2.45) is 17.8 Å². The van der Waals surface area contributed by atoms with Crippen LogP contribution in [-0.4, -0.2) is 13.1 Å². The zero-order valence-corrected chi connectivity index (χ0v) is 13.1. The highest BCUT2D eigenvalue weighted by atomic mass is 14.9. The molecular weight excluding hydrogens is 244 g/mol. The van der Waals surface area contributed by atoms with Gasteiger partial charge in [0.15, 0.2) is 0 Å². The van der Waals surface area contributed by atoms with Gasteiger partial charge in [-0.3, -0.25) is 0 Å². The fraction of sp³-hybridized carbons (Fsp3) is 0.667. The molecule has 0 saturated carbocycles. The van der Waals surface area contributed by atoms with Crippen molar-refractivity contribution in [3.63, 3.8) is 0 Å². The molecule has 2 nitrogen and oxygen atoms in total. The van der Waals surface area contributed by atoms with Gasteiger partial charge in [0.1, 0.15) is 0 Å². The van der Waals surface area contributed by atoms with Gasteiger partial charge in [0.05, 0.1) is 0 Å². The lowest BCUT2D eigenvalue weighted by atomic mass is 9.90. The van der Waals surface area contributed by atoms with E-state index in [9.17, 15) is 0 Å². The summed E-state index contributed by atoms with van der Waals surface area (Å²) in [7, 11) is 0. The molecular formula is C18H28N2. The highest BCUT2D eigenvalue weighted by Gasteiger charge is 2.21. The molecule has 1 aromatic carbocycles. The average molecular weight is 272 g/mol.